The quantitative estimate of drug-likeness (QED) is 0.722. The maximum absolute atomic E-state index is 13.7. The van der Waals surface area contributed by atoms with Gasteiger partial charge in [-0.15, -0.1) is 0 Å². The number of sulfonamides is 1. The van der Waals surface area contributed by atoms with E-state index in [1.165, 1.54) is 28.6 Å². The summed E-state index contributed by atoms with van der Waals surface area (Å²) in [6, 6.07) is 10.3. The summed E-state index contributed by atoms with van der Waals surface area (Å²) in [6.45, 7) is 0.610. The van der Waals surface area contributed by atoms with Crippen molar-refractivity contribution in [2.45, 2.75) is 17.7 Å². The topological polar surface area (TPSA) is 75.7 Å². The van der Waals surface area contributed by atoms with Crippen molar-refractivity contribution < 1.29 is 22.3 Å². The smallest absolute Gasteiger partial charge is 0.262 e. The molecule has 144 valence electrons. The van der Waals surface area contributed by atoms with E-state index in [0.717, 1.165) is 12.8 Å². The number of carbonyl (C=O) groups excluding carboxylic acids is 1. The van der Waals surface area contributed by atoms with Crippen LogP contribution in [-0.4, -0.2) is 38.3 Å². The lowest BCUT2D eigenvalue weighted by molar-refractivity contribution is -0.118. The zero-order valence-electron chi connectivity index (χ0n) is 14.3. The molecule has 0 aromatic heterocycles. The Morgan fingerprint density at radius 2 is 1.93 bits per heavy atom. The van der Waals surface area contributed by atoms with E-state index in [9.17, 15) is 17.6 Å². The Morgan fingerprint density at radius 1 is 1.19 bits per heavy atom. The number of ether oxygens (including phenoxy) is 1. The van der Waals surface area contributed by atoms with Gasteiger partial charge in [-0.05, 0) is 49.2 Å². The van der Waals surface area contributed by atoms with Gasteiger partial charge in [0.15, 0.2) is 18.2 Å². The fourth-order valence-electron chi connectivity index (χ4n) is 2.74. The van der Waals surface area contributed by atoms with E-state index in [1.807, 2.05) is 0 Å². The minimum Gasteiger partial charge on any atom is -0.481 e. The molecule has 0 aliphatic carbocycles. The second-order valence-corrected chi connectivity index (χ2v) is 8.90. The molecule has 1 N–H and O–H groups in total. The van der Waals surface area contributed by atoms with Gasteiger partial charge < -0.3 is 10.1 Å². The average molecular weight is 457 g/mol. The molecular formula is C18H18BrFN2O4S. The maximum atomic E-state index is 13.7. The zero-order valence-corrected chi connectivity index (χ0v) is 16.7. The molecule has 0 radical (unpaired) electrons. The Morgan fingerprint density at radius 3 is 2.63 bits per heavy atom. The highest BCUT2D eigenvalue weighted by atomic mass is 79.9. The molecule has 1 amide bonds. The largest absolute Gasteiger partial charge is 0.481 e. The van der Waals surface area contributed by atoms with E-state index in [-0.39, 0.29) is 10.6 Å². The third-order valence-electron chi connectivity index (χ3n) is 4.07. The van der Waals surface area contributed by atoms with Crippen LogP contribution in [0, 0.1) is 5.82 Å². The van der Waals surface area contributed by atoms with Crippen molar-refractivity contribution in [1.29, 1.82) is 0 Å². The predicted molar refractivity (Wildman–Crippen MR) is 103 cm³/mol. The lowest BCUT2D eigenvalue weighted by Crippen LogP contribution is -2.28. The molecule has 2 aromatic carbocycles. The normalized spacial score (nSPS) is 14.9. The molecule has 1 aliphatic heterocycles. The number of carbonyl (C=O) groups is 1. The number of anilines is 1. The number of nitrogens with one attached hydrogen (secondary N) is 1. The third-order valence-corrected chi connectivity index (χ3v) is 6.46. The van der Waals surface area contributed by atoms with Crippen molar-refractivity contribution in [2.75, 3.05) is 25.0 Å². The molecule has 0 atom stereocenters. The number of halogens is 2. The summed E-state index contributed by atoms with van der Waals surface area (Å²) in [7, 11) is -3.57. The van der Waals surface area contributed by atoms with E-state index in [1.54, 1.807) is 18.2 Å². The Bertz CT molecular complexity index is 946. The van der Waals surface area contributed by atoms with Crippen LogP contribution in [-0.2, 0) is 14.8 Å². The van der Waals surface area contributed by atoms with Crippen LogP contribution in [0.1, 0.15) is 12.8 Å². The van der Waals surface area contributed by atoms with Gasteiger partial charge in [0.05, 0.1) is 4.90 Å². The molecule has 9 heteroatoms. The van der Waals surface area contributed by atoms with Crippen molar-refractivity contribution >= 4 is 37.5 Å². The van der Waals surface area contributed by atoms with Gasteiger partial charge in [-0.25, -0.2) is 12.8 Å². The molecule has 1 aliphatic rings. The van der Waals surface area contributed by atoms with E-state index in [0.29, 0.717) is 23.2 Å². The van der Waals surface area contributed by atoms with Gasteiger partial charge in [-0.1, -0.05) is 22.0 Å². The molecule has 1 heterocycles. The Labute approximate surface area is 165 Å². The highest BCUT2D eigenvalue weighted by Gasteiger charge is 2.27. The fourth-order valence-corrected chi connectivity index (χ4v) is 4.64. The third kappa shape index (κ3) is 4.85. The standard InChI is InChI=1S/C18H18BrFN2O4S/c19-13-6-7-17(16(20)10-13)26-12-18(23)21-14-4-3-5-15(11-14)27(24,25)22-8-1-2-9-22/h3-7,10-11H,1-2,8-9,12H2,(H,21,23). The number of amides is 1. The summed E-state index contributed by atoms with van der Waals surface area (Å²) < 4.78 is 46.1. The summed E-state index contributed by atoms with van der Waals surface area (Å²) in [5.74, 6) is -1.15. The van der Waals surface area contributed by atoms with Gasteiger partial charge in [-0.3, -0.25) is 4.79 Å². The highest BCUT2D eigenvalue weighted by molar-refractivity contribution is 9.10. The number of rotatable bonds is 6. The van der Waals surface area contributed by atoms with Crippen molar-refractivity contribution in [1.82, 2.24) is 4.31 Å². The molecule has 3 rings (SSSR count). The Kier molecular flexibility index (Phi) is 6.13. The molecular weight excluding hydrogens is 439 g/mol. The van der Waals surface area contributed by atoms with E-state index < -0.39 is 28.4 Å². The van der Waals surface area contributed by atoms with Gasteiger partial charge >= 0.3 is 0 Å². The van der Waals surface area contributed by atoms with Gasteiger partial charge in [0.2, 0.25) is 10.0 Å². The molecule has 0 bridgehead atoms. The van der Waals surface area contributed by atoms with E-state index >= 15 is 0 Å². The number of hydrogen-bond donors (Lipinski definition) is 1. The lowest BCUT2D eigenvalue weighted by Gasteiger charge is -2.16. The predicted octanol–water partition coefficient (Wildman–Crippen LogP) is 3.39. The molecule has 6 nitrogen and oxygen atoms in total. The summed E-state index contributed by atoms with van der Waals surface area (Å²) in [4.78, 5) is 12.2. The summed E-state index contributed by atoms with van der Waals surface area (Å²) in [5, 5.41) is 2.57. The van der Waals surface area contributed by atoms with Crippen LogP contribution in [0.3, 0.4) is 0 Å². The first-order chi connectivity index (χ1) is 12.9. The van der Waals surface area contributed by atoms with Crippen LogP contribution in [0.2, 0.25) is 0 Å². The van der Waals surface area contributed by atoms with Gasteiger partial charge in [0, 0.05) is 23.2 Å². The van der Waals surface area contributed by atoms with Crippen LogP contribution in [0.15, 0.2) is 51.8 Å². The monoisotopic (exact) mass is 456 g/mol. The Hall–Kier alpha value is -1.97. The molecule has 2 aromatic rings. The minimum absolute atomic E-state index is 0.0429. The number of hydrogen-bond acceptors (Lipinski definition) is 4. The van der Waals surface area contributed by atoms with E-state index in [2.05, 4.69) is 21.2 Å². The minimum atomic E-state index is -3.57. The molecule has 0 spiro atoms. The van der Waals surface area contributed by atoms with Crippen LogP contribution in [0.4, 0.5) is 10.1 Å². The van der Waals surface area contributed by atoms with Crippen molar-refractivity contribution in [2.24, 2.45) is 0 Å². The highest BCUT2D eigenvalue weighted by Crippen LogP contribution is 2.24. The van der Waals surface area contributed by atoms with Crippen molar-refractivity contribution in [3.63, 3.8) is 0 Å². The van der Waals surface area contributed by atoms with Gasteiger partial charge in [0.25, 0.3) is 5.91 Å². The van der Waals surface area contributed by atoms with Gasteiger partial charge in [-0.2, -0.15) is 4.31 Å². The first-order valence-corrected chi connectivity index (χ1v) is 10.6. The number of nitrogens with zero attached hydrogens (tertiary/aromatic N) is 1. The SMILES string of the molecule is O=C(COc1ccc(Br)cc1F)Nc1cccc(S(=O)(=O)N2CCCC2)c1. The molecule has 1 saturated heterocycles. The first-order valence-electron chi connectivity index (χ1n) is 8.34. The number of benzene rings is 2. The fraction of sp³-hybridized carbons (Fsp3) is 0.278. The average Bonchev–Trinajstić information content (AvgIpc) is 3.17. The second-order valence-electron chi connectivity index (χ2n) is 6.05. The zero-order chi connectivity index (χ0) is 19.4. The van der Waals surface area contributed by atoms with Crippen molar-refractivity contribution in [3.8, 4) is 5.75 Å². The summed E-state index contributed by atoms with van der Waals surface area (Å²) >= 11 is 3.14. The first kappa shape index (κ1) is 19.8. The van der Waals surface area contributed by atoms with Crippen molar-refractivity contribution in [3.05, 3.63) is 52.8 Å². The second kappa shape index (κ2) is 8.37. The van der Waals surface area contributed by atoms with Crippen LogP contribution in [0.5, 0.6) is 5.75 Å². The summed E-state index contributed by atoms with van der Waals surface area (Å²) in [6.07, 6.45) is 1.69. The van der Waals surface area contributed by atoms with Gasteiger partial charge in [0.1, 0.15) is 0 Å². The van der Waals surface area contributed by atoms with Crippen LogP contribution < -0.4 is 10.1 Å². The van der Waals surface area contributed by atoms with Crippen LogP contribution >= 0.6 is 15.9 Å². The molecule has 27 heavy (non-hydrogen) atoms. The summed E-state index contributed by atoms with van der Waals surface area (Å²) in [5.41, 5.74) is 0.333. The van der Waals surface area contributed by atoms with Crippen LogP contribution in [0.25, 0.3) is 0 Å². The molecule has 0 saturated carbocycles. The maximum Gasteiger partial charge on any atom is 0.262 e. The lowest BCUT2D eigenvalue weighted by atomic mass is 10.3. The molecule has 1 fully saturated rings. The molecule has 0 unspecified atom stereocenters. The Balaban J connectivity index is 1.64. The van der Waals surface area contributed by atoms with E-state index in [4.69, 9.17) is 4.74 Å².